The smallest absolute Gasteiger partial charge is 0.123 e. The fourth-order valence-electron chi connectivity index (χ4n) is 2.53. The molecule has 0 radical (unpaired) electrons. The van der Waals surface area contributed by atoms with Gasteiger partial charge in [0.2, 0.25) is 0 Å². The number of phenolic OH excluding ortho intramolecular Hbond substituents is 1. The number of hydrogen-bond acceptors (Lipinski definition) is 2. The molecule has 2 heteroatoms. The summed E-state index contributed by atoms with van der Waals surface area (Å²) in [5, 5.41) is 9.90. The lowest BCUT2D eigenvalue weighted by molar-refractivity contribution is 0.0637. The fourth-order valence-corrected chi connectivity index (χ4v) is 2.53. The van der Waals surface area contributed by atoms with E-state index in [1.165, 1.54) is 11.1 Å². The summed E-state index contributed by atoms with van der Waals surface area (Å²) < 4.78 is 5.73. The minimum absolute atomic E-state index is 0.200. The van der Waals surface area contributed by atoms with Crippen molar-refractivity contribution in [1.82, 2.24) is 0 Å². The van der Waals surface area contributed by atoms with E-state index < -0.39 is 0 Å². The largest absolute Gasteiger partial charge is 0.507 e. The van der Waals surface area contributed by atoms with E-state index in [0.717, 1.165) is 17.5 Å². The average Bonchev–Trinajstić information content (AvgIpc) is 2.81. The minimum atomic E-state index is 0.200. The molecule has 1 heterocycles. The SMILES string of the molecule is CC[C@@H]1OCc2ccc(-c3ccccc3O)cc21. The molecule has 1 atom stereocenters. The van der Waals surface area contributed by atoms with Crippen molar-refractivity contribution in [3.8, 4) is 16.9 Å². The molecule has 0 amide bonds. The summed E-state index contributed by atoms with van der Waals surface area (Å²) >= 11 is 0. The lowest BCUT2D eigenvalue weighted by Gasteiger charge is -2.10. The summed E-state index contributed by atoms with van der Waals surface area (Å²) in [5.74, 6) is 0.324. The van der Waals surface area contributed by atoms with Crippen LogP contribution in [0.1, 0.15) is 30.6 Å². The Labute approximate surface area is 107 Å². The Kier molecular flexibility index (Phi) is 2.80. The number of benzene rings is 2. The van der Waals surface area contributed by atoms with Gasteiger partial charge in [-0.3, -0.25) is 0 Å². The first-order chi connectivity index (χ1) is 8.79. The number of para-hydroxylation sites is 1. The molecule has 18 heavy (non-hydrogen) atoms. The van der Waals surface area contributed by atoms with Crippen LogP contribution in [0.15, 0.2) is 42.5 Å². The van der Waals surface area contributed by atoms with Gasteiger partial charge in [-0.25, -0.2) is 0 Å². The molecule has 0 saturated heterocycles. The molecule has 2 aromatic rings. The first-order valence-corrected chi connectivity index (χ1v) is 6.32. The number of phenols is 1. The van der Waals surface area contributed by atoms with Crippen molar-refractivity contribution in [1.29, 1.82) is 0 Å². The molecule has 0 spiro atoms. The van der Waals surface area contributed by atoms with Gasteiger partial charge in [-0.2, -0.15) is 0 Å². The number of ether oxygens (including phenoxy) is 1. The molecule has 2 nitrogen and oxygen atoms in total. The molecular formula is C16H16O2. The molecule has 0 aliphatic carbocycles. The predicted molar refractivity (Wildman–Crippen MR) is 71.4 cm³/mol. The second-order valence-electron chi connectivity index (χ2n) is 4.64. The molecule has 0 unspecified atom stereocenters. The first kappa shape index (κ1) is 11.3. The van der Waals surface area contributed by atoms with Crippen LogP contribution in [0.5, 0.6) is 5.75 Å². The maximum atomic E-state index is 9.90. The summed E-state index contributed by atoms with van der Waals surface area (Å²) in [4.78, 5) is 0. The first-order valence-electron chi connectivity index (χ1n) is 6.32. The van der Waals surface area contributed by atoms with E-state index in [0.29, 0.717) is 12.4 Å². The normalized spacial score (nSPS) is 17.7. The Morgan fingerprint density at radius 2 is 2.06 bits per heavy atom. The quantitative estimate of drug-likeness (QED) is 0.858. The molecular weight excluding hydrogens is 224 g/mol. The van der Waals surface area contributed by atoms with Gasteiger partial charge in [-0.05, 0) is 35.2 Å². The second-order valence-corrected chi connectivity index (χ2v) is 4.64. The van der Waals surface area contributed by atoms with Crippen molar-refractivity contribution in [3.63, 3.8) is 0 Å². The van der Waals surface area contributed by atoms with Crippen LogP contribution in [0.3, 0.4) is 0 Å². The molecule has 0 aromatic heterocycles. The van der Waals surface area contributed by atoms with Gasteiger partial charge in [0.15, 0.2) is 0 Å². The predicted octanol–water partition coefficient (Wildman–Crippen LogP) is 4.04. The van der Waals surface area contributed by atoms with E-state index in [2.05, 4.69) is 25.1 Å². The van der Waals surface area contributed by atoms with Gasteiger partial charge in [0.05, 0.1) is 12.7 Å². The van der Waals surface area contributed by atoms with Crippen molar-refractivity contribution in [2.75, 3.05) is 0 Å². The van der Waals surface area contributed by atoms with E-state index in [1.54, 1.807) is 6.07 Å². The van der Waals surface area contributed by atoms with Crippen molar-refractivity contribution >= 4 is 0 Å². The monoisotopic (exact) mass is 240 g/mol. The van der Waals surface area contributed by atoms with Crippen molar-refractivity contribution in [2.24, 2.45) is 0 Å². The highest BCUT2D eigenvalue weighted by Gasteiger charge is 2.22. The van der Waals surface area contributed by atoms with E-state index in [4.69, 9.17) is 4.74 Å². The highest BCUT2D eigenvalue weighted by Crippen LogP contribution is 2.37. The van der Waals surface area contributed by atoms with Gasteiger partial charge in [0.1, 0.15) is 5.75 Å². The van der Waals surface area contributed by atoms with Gasteiger partial charge in [0.25, 0.3) is 0 Å². The standard InChI is InChI=1S/C16H16O2/c1-2-16-14-9-11(7-8-12(14)10-18-16)13-5-3-4-6-15(13)17/h3-9,16-17H,2,10H2,1H3/t16-/m0/s1. The molecule has 1 aliphatic rings. The lowest BCUT2D eigenvalue weighted by atomic mass is 9.96. The molecule has 0 bridgehead atoms. The topological polar surface area (TPSA) is 29.5 Å². The van der Waals surface area contributed by atoms with E-state index in [1.807, 2.05) is 18.2 Å². The Morgan fingerprint density at radius 1 is 1.22 bits per heavy atom. The van der Waals surface area contributed by atoms with E-state index in [-0.39, 0.29) is 6.10 Å². The Balaban J connectivity index is 2.08. The van der Waals surface area contributed by atoms with Crippen LogP contribution in [-0.2, 0) is 11.3 Å². The third-order valence-electron chi connectivity index (χ3n) is 3.52. The molecule has 3 rings (SSSR count). The number of rotatable bonds is 2. The Hall–Kier alpha value is -1.80. The third kappa shape index (κ3) is 1.79. The van der Waals surface area contributed by atoms with Crippen molar-refractivity contribution < 1.29 is 9.84 Å². The molecule has 1 aliphatic heterocycles. The molecule has 2 aromatic carbocycles. The minimum Gasteiger partial charge on any atom is -0.507 e. The van der Waals surface area contributed by atoms with Crippen molar-refractivity contribution in [3.05, 3.63) is 53.6 Å². The Bertz CT molecular complexity index is 575. The molecule has 92 valence electrons. The summed E-state index contributed by atoms with van der Waals surface area (Å²) in [6, 6.07) is 13.7. The van der Waals surface area contributed by atoms with Crippen molar-refractivity contribution in [2.45, 2.75) is 26.1 Å². The summed E-state index contributed by atoms with van der Waals surface area (Å²) in [5.41, 5.74) is 4.46. The van der Waals surface area contributed by atoms with Crippen LogP contribution in [0, 0.1) is 0 Å². The fraction of sp³-hybridized carbons (Fsp3) is 0.250. The maximum absolute atomic E-state index is 9.90. The van der Waals surface area contributed by atoms with Crippen LogP contribution >= 0.6 is 0 Å². The van der Waals surface area contributed by atoms with Crippen LogP contribution in [-0.4, -0.2) is 5.11 Å². The highest BCUT2D eigenvalue weighted by atomic mass is 16.5. The number of hydrogen-bond donors (Lipinski definition) is 1. The van der Waals surface area contributed by atoms with Gasteiger partial charge in [-0.1, -0.05) is 37.3 Å². The van der Waals surface area contributed by atoms with Gasteiger partial charge in [-0.15, -0.1) is 0 Å². The van der Waals surface area contributed by atoms with E-state index >= 15 is 0 Å². The maximum Gasteiger partial charge on any atom is 0.123 e. The summed E-state index contributed by atoms with van der Waals surface area (Å²) in [6.07, 6.45) is 1.18. The molecule has 0 fully saturated rings. The third-order valence-corrected chi connectivity index (χ3v) is 3.52. The Morgan fingerprint density at radius 3 is 2.83 bits per heavy atom. The zero-order chi connectivity index (χ0) is 12.5. The van der Waals surface area contributed by atoms with Crippen LogP contribution in [0.2, 0.25) is 0 Å². The van der Waals surface area contributed by atoms with Crippen LogP contribution < -0.4 is 0 Å². The zero-order valence-electron chi connectivity index (χ0n) is 10.4. The second kappa shape index (κ2) is 4.46. The summed E-state index contributed by atoms with van der Waals surface area (Å²) in [6.45, 7) is 2.83. The average molecular weight is 240 g/mol. The molecule has 0 saturated carbocycles. The van der Waals surface area contributed by atoms with Gasteiger partial charge >= 0.3 is 0 Å². The number of aromatic hydroxyl groups is 1. The number of fused-ring (bicyclic) bond motifs is 1. The van der Waals surface area contributed by atoms with Gasteiger partial charge in [0, 0.05) is 5.56 Å². The van der Waals surface area contributed by atoms with Crippen LogP contribution in [0.25, 0.3) is 11.1 Å². The lowest BCUT2D eigenvalue weighted by Crippen LogP contribution is -1.93. The highest BCUT2D eigenvalue weighted by molar-refractivity contribution is 5.71. The zero-order valence-corrected chi connectivity index (χ0v) is 10.4. The summed E-state index contributed by atoms with van der Waals surface area (Å²) in [7, 11) is 0. The van der Waals surface area contributed by atoms with Crippen LogP contribution in [0.4, 0.5) is 0 Å². The van der Waals surface area contributed by atoms with E-state index in [9.17, 15) is 5.11 Å². The van der Waals surface area contributed by atoms with Gasteiger partial charge < -0.3 is 9.84 Å². The molecule has 1 N–H and O–H groups in total.